The first kappa shape index (κ1) is 25.1. The molecular weight excluding hydrogens is 549 g/mol. The summed E-state index contributed by atoms with van der Waals surface area (Å²) in [5, 5.41) is 16.1. The third kappa shape index (κ3) is 5.91. The van der Waals surface area contributed by atoms with Crippen molar-refractivity contribution in [2.45, 2.75) is 17.0 Å². The summed E-state index contributed by atoms with van der Waals surface area (Å²) in [4.78, 5) is 17.7. The Morgan fingerprint density at radius 2 is 1.78 bits per heavy atom. The molecule has 3 heterocycles. The van der Waals surface area contributed by atoms with Crippen molar-refractivity contribution < 1.29 is 13.2 Å². The van der Waals surface area contributed by atoms with Crippen molar-refractivity contribution in [1.82, 2.24) is 19.7 Å². The largest absolute Gasteiger partial charge is 0.325 e. The number of amides is 1. The van der Waals surface area contributed by atoms with Crippen LogP contribution in [0.1, 0.15) is 5.56 Å². The van der Waals surface area contributed by atoms with Gasteiger partial charge in [-0.3, -0.25) is 14.1 Å². The number of carbonyl (C=O) groups is 1. The van der Waals surface area contributed by atoms with Gasteiger partial charge in [0.15, 0.2) is 16.1 Å². The quantitative estimate of drug-likeness (QED) is 0.232. The monoisotopic (exact) mass is 568 g/mol. The molecule has 0 spiro atoms. The number of sulfonamides is 1. The minimum absolute atomic E-state index is 0.0716. The van der Waals surface area contributed by atoms with Crippen LogP contribution in [0.25, 0.3) is 16.4 Å². The third-order valence-corrected chi connectivity index (χ3v) is 9.07. The molecule has 2 aromatic carbocycles. The van der Waals surface area contributed by atoms with Gasteiger partial charge < -0.3 is 5.32 Å². The number of nitrogens with one attached hydrogen (secondary N) is 2. The van der Waals surface area contributed by atoms with Gasteiger partial charge in [-0.1, -0.05) is 35.5 Å². The molecule has 0 atom stereocenters. The Morgan fingerprint density at radius 1 is 1.00 bits per heavy atom. The number of rotatable bonds is 9. The van der Waals surface area contributed by atoms with Crippen molar-refractivity contribution in [2.24, 2.45) is 0 Å². The van der Waals surface area contributed by atoms with Gasteiger partial charge in [-0.05, 0) is 54.8 Å². The molecule has 5 aromatic rings. The molecule has 0 fully saturated rings. The second kappa shape index (κ2) is 10.8. The molecule has 0 radical (unpaired) electrons. The summed E-state index contributed by atoms with van der Waals surface area (Å²) in [6.07, 6.45) is 1.52. The summed E-state index contributed by atoms with van der Waals surface area (Å²) < 4.78 is 29.4. The Kier molecular flexibility index (Phi) is 7.37. The van der Waals surface area contributed by atoms with Gasteiger partial charge in [0.2, 0.25) is 5.91 Å². The number of nitrogens with zero attached hydrogens (tertiary/aromatic N) is 4. The summed E-state index contributed by atoms with van der Waals surface area (Å²) in [5.41, 5.74) is 2.53. The van der Waals surface area contributed by atoms with Gasteiger partial charge in [0.25, 0.3) is 10.0 Å². The van der Waals surface area contributed by atoms with Crippen LogP contribution >= 0.6 is 34.4 Å². The first-order valence-electron chi connectivity index (χ1n) is 10.9. The van der Waals surface area contributed by atoms with Crippen LogP contribution in [0.15, 0.2) is 87.7 Å². The number of thiophene rings is 1. The molecule has 3 aromatic heterocycles. The van der Waals surface area contributed by atoms with Gasteiger partial charge in [0, 0.05) is 23.0 Å². The lowest BCUT2D eigenvalue weighted by molar-refractivity contribution is -0.113. The fraction of sp³-hybridized carbons (Fsp3) is 0.0833. The zero-order chi connectivity index (χ0) is 25.8. The van der Waals surface area contributed by atoms with Gasteiger partial charge >= 0.3 is 0 Å². The summed E-state index contributed by atoms with van der Waals surface area (Å²) in [6.45, 7) is 2.02. The summed E-state index contributed by atoms with van der Waals surface area (Å²) in [6, 6.07) is 17.9. The Bertz CT molecular complexity index is 1600. The summed E-state index contributed by atoms with van der Waals surface area (Å²) in [7, 11) is -3.76. The molecule has 0 unspecified atom stereocenters. The van der Waals surface area contributed by atoms with Crippen LogP contribution in [-0.4, -0.2) is 39.8 Å². The lowest BCUT2D eigenvalue weighted by Gasteiger charge is -2.10. The Hall–Kier alpha value is -3.52. The van der Waals surface area contributed by atoms with Crippen molar-refractivity contribution in [3.63, 3.8) is 0 Å². The normalized spacial score (nSPS) is 11.4. The number of aromatic nitrogens is 4. The maximum Gasteiger partial charge on any atom is 0.263 e. The highest BCUT2D eigenvalue weighted by molar-refractivity contribution is 7.99. The van der Waals surface area contributed by atoms with Crippen molar-refractivity contribution in [2.75, 3.05) is 15.8 Å². The zero-order valence-electron chi connectivity index (χ0n) is 19.4. The Morgan fingerprint density at radius 3 is 2.46 bits per heavy atom. The first-order valence-corrected chi connectivity index (χ1v) is 15.1. The number of thiazole rings is 1. The predicted octanol–water partition coefficient (Wildman–Crippen LogP) is 5.29. The molecule has 37 heavy (non-hydrogen) atoms. The van der Waals surface area contributed by atoms with Crippen LogP contribution in [0, 0.1) is 6.92 Å². The van der Waals surface area contributed by atoms with Crippen LogP contribution in [0.3, 0.4) is 0 Å². The Balaban J connectivity index is 1.27. The number of anilines is 2. The Labute approximate surface area is 225 Å². The van der Waals surface area contributed by atoms with E-state index in [2.05, 4.69) is 25.2 Å². The molecule has 0 aliphatic carbocycles. The molecule has 0 aliphatic rings. The molecule has 0 bridgehead atoms. The highest BCUT2D eigenvalue weighted by atomic mass is 32.2. The summed E-state index contributed by atoms with van der Waals surface area (Å²) >= 11 is 4.03. The predicted molar refractivity (Wildman–Crippen MR) is 148 cm³/mol. The topological polar surface area (TPSA) is 119 Å². The smallest absolute Gasteiger partial charge is 0.263 e. The molecule has 2 N–H and O–H groups in total. The van der Waals surface area contributed by atoms with Gasteiger partial charge in [0.1, 0.15) is 0 Å². The number of hydrogen-bond donors (Lipinski definition) is 2. The lowest BCUT2D eigenvalue weighted by Crippen LogP contribution is -2.15. The molecule has 188 valence electrons. The molecule has 0 aliphatic heterocycles. The average molecular weight is 569 g/mol. The van der Waals surface area contributed by atoms with E-state index in [9.17, 15) is 13.2 Å². The van der Waals surface area contributed by atoms with Gasteiger partial charge in [-0.15, -0.1) is 32.9 Å². The van der Waals surface area contributed by atoms with Gasteiger partial charge in [-0.2, -0.15) is 0 Å². The number of benzene rings is 2. The zero-order valence-corrected chi connectivity index (χ0v) is 22.6. The van der Waals surface area contributed by atoms with Crippen LogP contribution < -0.4 is 10.0 Å². The van der Waals surface area contributed by atoms with Crippen molar-refractivity contribution >= 4 is 61.2 Å². The minimum atomic E-state index is -3.76. The van der Waals surface area contributed by atoms with Crippen molar-refractivity contribution in [1.29, 1.82) is 0 Å². The van der Waals surface area contributed by atoms with E-state index in [1.54, 1.807) is 28.8 Å². The lowest BCUT2D eigenvalue weighted by atomic mass is 10.2. The number of carbonyl (C=O) groups excluding carboxylic acids is 1. The van der Waals surface area contributed by atoms with Crippen LogP contribution in [-0.2, 0) is 14.8 Å². The first-order chi connectivity index (χ1) is 17.9. The van der Waals surface area contributed by atoms with E-state index in [4.69, 9.17) is 0 Å². The second-order valence-corrected chi connectivity index (χ2v) is 12.2. The molecule has 1 amide bonds. The van der Waals surface area contributed by atoms with E-state index in [1.165, 1.54) is 41.4 Å². The maximum atomic E-state index is 12.7. The van der Waals surface area contributed by atoms with Crippen molar-refractivity contribution in [3.8, 4) is 16.4 Å². The third-order valence-electron chi connectivity index (χ3n) is 5.10. The molecule has 9 nitrogen and oxygen atoms in total. The average Bonchev–Trinajstić information content (AvgIpc) is 3.65. The maximum absolute atomic E-state index is 12.7. The number of aryl methyl sites for hydroxylation is 1. The van der Waals surface area contributed by atoms with E-state index < -0.39 is 10.0 Å². The van der Waals surface area contributed by atoms with Crippen LogP contribution in [0.5, 0.6) is 0 Å². The van der Waals surface area contributed by atoms with E-state index in [0.717, 1.165) is 16.1 Å². The molecule has 13 heteroatoms. The fourth-order valence-corrected chi connectivity index (χ4v) is 6.59. The van der Waals surface area contributed by atoms with Crippen molar-refractivity contribution in [3.05, 3.63) is 83.2 Å². The van der Waals surface area contributed by atoms with Crippen LogP contribution in [0.2, 0.25) is 0 Å². The molecule has 0 saturated carbocycles. The molecule has 5 rings (SSSR count). The highest BCUT2D eigenvalue weighted by Gasteiger charge is 2.19. The van der Waals surface area contributed by atoms with E-state index in [-0.39, 0.29) is 21.7 Å². The van der Waals surface area contributed by atoms with Gasteiger partial charge in [0.05, 0.1) is 15.5 Å². The second-order valence-electron chi connectivity index (χ2n) is 7.76. The summed E-state index contributed by atoms with van der Waals surface area (Å²) in [5.74, 6) is 0.558. The van der Waals surface area contributed by atoms with Gasteiger partial charge in [-0.25, -0.2) is 13.4 Å². The SMILES string of the molecule is Cc1ccc(-n2c(SCC(=O)Nc3ccc(S(=O)(=O)Nc4nccs4)cc3)nnc2-c2cccs2)cc1. The van der Waals surface area contributed by atoms with E-state index in [1.807, 2.05) is 53.3 Å². The highest BCUT2D eigenvalue weighted by Crippen LogP contribution is 2.30. The molecular formula is C24H20N6O3S4. The van der Waals surface area contributed by atoms with E-state index in [0.29, 0.717) is 16.7 Å². The fourth-order valence-electron chi connectivity index (χ4n) is 3.35. The molecule has 0 saturated heterocycles. The minimum Gasteiger partial charge on any atom is -0.325 e. The number of thioether (sulfide) groups is 1. The standard InChI is InChI=1S/C24H20N6O3S4/c1-16-4-8-18(9-5-16)30-22(20-3-2-13-34-20)27-28-24(30)36-15-21(31)26-17-6-10-19(11-7-17)37(32,33)29-23-25-12-14-35-23/h2-14H,15H2,1H3,(H,25,29)(H,26,31). The van der Waals surface area contributed by atoms with E-state index >= 15 is 0 Å². The van der Waals surface area contributed by atoms with Crippen LogP contribution in [0.4, 0.5) is 10.8 Å². The number of hydrogen-bond acceptors (Lipinski definition) is 9.